The highest BCUT2D eigenvalue weighted by Crippen LogP contribution is 2.38. The zero-order valence-corrected chi connectivity index (χ0v) is 54.9. The van der Waals surface area contributed by atoms with E-state index in [0.29, 0.717) is 17.4 Å². The molecule has 0 spiro atoms. The number of nitrogens with zero attached hydrogens (tertiary/aromatic N) is 1. The molecule has 0 aliphatic rings. The fraction of sp³-hybridized carbons (Fsp3) is 0.803. The molecule has 0 aromatic rings. The summed E-state index contributed by atoms with van der Waals surface area (Å²) in [5.74, 6) is -0.541. The van der Waals surface area contributed by atoms with E-state index in [1.54, 1.807) is 0 Å². The molecule has 81 heavy (non-hydrogen) atoms. The van der Waals surface area contributed by atoms with Crippen LogP contribution in [0.25, 0.3) is 0 Å². The second kappa shape index (κ2) is 60.6. The Morgan fingerprint density at radius 3 is 1.15 bits per heavy atom. The molecule has 9 nitrogen and oxygen atoms in total. The van der Waals surface area contributed by atoms with Gasteiger partial charge in [0, 0.05) is 12.8 Å². The Bertz CT molecular complexity index is 1620. The summed E-state index contributed by atoms with van der Waals surface area (Å²) in [4.78, 5) is 40.1. The van der Waals surface area contributed by atoms with Crippen LogP contribution < -0.4 is 10.2 Å². The normalized spacial score (nSPS) is 14.0. The average molecular weight is 1160 g/mol. The van der Waals surface area contributed by atoms with E-state index in [4.69, 9.17) is 13.8 Å². The second-order valence-corrected chi connectivity index (χ2v) is 25.7. The van der Waals surface area contributed by atoms with Gasteiger partial charge in [0.2, 0.25) is 5.91 Å². The number of ether oxygens (including phenoxy) is 1. The Morgan fingerprint density at radius 1 is 0.432 bits per heavy atom. The van der Waals surface area contributed by atoms with Crippen LogP contribution in [0.4, 0.5) is 0 Å². The fourth-order valence-electron chi connectivity index (χ4n) is 9.80. The molecule has 1 N–H and O–H groups in total. The molecule has 0 saturated heterocycles. The third kappa shape index (κ3) is 61.8. The highest BCUT2D eigenvalue weighted by molar-refractivity contribution is 7.45. The van der Waals surface area contributed by atoms with E-state index in [1.165, 1.54) is 193 Å². The number of amides is 1. The quantitative estimate of drug-likeness (QED) is 0.0212. The number of esters is 1. The van der Waals surface area contributed by atoms with E-state index in [-0.39, 0.29) is 24.9 Å². The van der Waals surface area contributed by atoms with Gasteiger partial charge in [-0.15, -0.1) is 0 Å². The molecule has 3 atom stereocenters. The molecule has 0 aliphatic heterocycles. The summed E-state index contributed by atoms with van der Waals surface area (Å²) in [7, 11) is 1.18. The number of hydrogen-bond acceptors (Lipinski definition) is 7. The number of phosphoric ester groups is 1. The van der Waals surface area contributed by atoms with Crippen molar-refractivity contribution < 1.29 is 37.3 Å². The Balaban J connectivity index is 5.06. The van der Waals surface area contributed by atoms with Crippen LogP contribution in [0.2, 0.25) is 0 Å². The smallest absolute Gasteiger partial charge is 0.306 e. The van der Waals surface area contributed by atoms with Crippen molar-refractivity contribution in [3.05, 3.63) is 72.9 Å². The maximum Gasteiger partial charge on any atom is 0.306 e. The zero-order valence-electron chi connectivity index (χ0n) is 54.0. The van der Waals surface area contributed by atoms with E-state index in [9.17, 15) is 19.0 Å². The van der Waals surface area contributed by atoms with Crippen LogP contribution in [0.15, 0.2) is 72.9 Å². The highest BCUT2D eigenvalue weighted by atomic mass is 31.2. The Labute approximate surface area is 502 Å². The van der Waals surface area contributed by atoms with Crippen molar-refractivity contribution in [2.75, 3.05) is 40.9 Å². The van der Waals surface area contributed by atoms with Gasteiger partial charge in [0.05, 0.1) is 33.8 Å². The molecule has 1 amide bonds. The third-order valence-corrected chi connectivity index (χ3v) is 16.1. The number of likely N-dealkylation sites (N-methyl/N-ethyl adjacent to an activating group) is 1. The van der Waals surface area contributed by atoms with Crippen molar-refractivity contribution >= 4 is 19.7 Å². The van der Waals surface area contributed by atoms with Gasteiger partial charge in [-0.1, -0.05) is 274 Å². The number of carbonyl (C=O) groups is 2. The van der Waals surface area contributed by atoms with Crippen LogP contribution in [-0.2, 0) is 27.9 Å². The summed E-state index contributed by atoms with van der Waals surface area (Å²) in [6.07, 6.45) is 78.7. The van der Waals surface area contributed by atoms with Gasteiger partial charge in [-0.25, -0.2) is 0 Å². The number of carbonyl (C=O) groups excluding carboxylic acids is 2. The van der Waals surface area contributed by atoms with E-state index in [1.807, 2.05) is 33.3 Å². The van der Waals surface area contributed by atoms with Crippen molar-refractivity contribution in [1.29, 1.82) is 0 Å². The molecule has 472 valence electrons. The first-order valence-corrected chi connectivity index (χ1v) is 35.7. The van der Waals surface area contributed by atoms with Crippen LogP contribution in [0.1, 0.15) is 316 Å². The minimum Gasteiger partial charge on any atom is -0.756 e. The molecule has 0 bridgehead atoms. The number of rotatable bonds is 62. The summed E-state index contributed by atoms with van der Waals surface area (Å²) in [5, 5.41) is 3.04. The van der Waals surface area contributed by atoms with Gasteiger partial charge in [0.25, 0.3) is 7.82 Å². The molecule has 3 unspecified atom stereocenters. The molecule has 0 heterocycles. The standard InChI is InChI=1S/C71H131N2O7P/c1-7-10-13-16-19-22-25-27-29-31-33-34-35-36-37-38-40-42-44-46-49-52-55-58-61-64-71(75)80-69(62-59-56-53-50-47-24-21-18-15-12-9-3)68(67-79-81(76,77)78-66-65-73(4,5)6)72-70(74)63-60-57-54-51-48-45-43-41-39-32-30-28-26-23-20-17-14-11-8-2/h19-20,22-23,27-30,33-34,59,62,68-69H,7-18,21,24-26,31-32,35-58,60-61,63-67H2,1-6H3,(H-,72,74,76,77)/b22-19-,23-20-,29-27-,30-28-,34-33-,62-59-. The summed E-state index contributed by atoms with van der Waals surface area (Å²) < 4.78 is 30.4. The van der Waals surface area contributed by atoms with Crippen molar-refractivity contribution in [3.63, 3.8) is 0 Å². The first-order chi connectivity index (χ1) is 39.4. The maximum atomic E-state index is 13.6. The Hall–Kier alpha value is -2.55. The van der Waals surface area contributed by atoms with Crippen molar-refractivity contribution in [2.24, 2.45) is 0 Å². The van der Waals surface area contributed by atoms with Crippen LogP contribution in [0.3, 0.4) is 0 Å². The molecule has 0 fully saturated rings. The molecule has 0 aromatic carbocycles. The zero-order chi connectivity index (χ0) is 59.3. The summed E-state index contributed by atoms with van der Waals surface area (Å²) in [5.41, 5.74) is 0. The lowest BCUT2D eigenvalue weighted by Gasteiger charge is -2.30. The van der Waals surface area contributed by atoms with Crippen LogP contribution in [-0.4, -0.2) is 69.4 Å². The number of hydrogen-bond donors (Lipinski definition) is 1. The van der Waals surface area contributed by atoms with Crippen LogP contribution in [0.5, 0.6) is 0 Å². The van der Waals surface area contributed by atoms with Gasteiger partial charge >= 0.3 is 5.97 Å². The molecular weight excluding hydrogens is 1020 g/mol. The lowest BCUT2D eigenvalue weighted by atomic mass is 10.0. The van der Waals surface area contributed by atoms with E-state index < -0.39 is 26.6 Å². The highest BCUT2D eigenvalue weighted by Gasteiger charge is 2.27. The molecule has 0 radical (unpaired) electrons. The monoisotopic (exact) mass is 1150 g/mol. The maximum absolute atomic E-state index is 13.6. The minimum absolute atomic E-state index is 0.0248. The van der Waals surface area contributed by atoms with Crippen molar-refractivity contribution in [2.45, 2.75) is 328 Å². The lowest BCUT2D eigenvalue weighted by Crippen LogP contribution is -2.47. The van der Waals surface area contributed by atoms with Crippen molar-refractivity contribution in [3.8, 4) is 0 Å². The van der Waals surface area contributed by atoms with Crippen LogP contribution >= 0.6 is 7.82 Å². The van der Waals surface area contributed by atoms with Crippen molar-refractivity contribution in [1.82, 2.24) is 5.32 Å². The third-order valence-electron chi connectivity index (χ3n) is 15.1. The minimum atomic E-state index is -4.70. The first-order valence-electron chi connectivity index (χ1n) is 34.2. The largest absolute Gasteiger partial charge is 0.756 e. The molecule has 0 rings (SSSR count). The molecule has 10 heteroatoms. The predicted octanol–water partition coefficient (Wildman–Crippen LogP) is 20.9. The number of quaternary nitrogens is 1. The van der Waals surface area contributed by atoms with E-state index in [0.717, 1.165) is 89.9 Å². The van der Waals surface area contributed by atoms with Gasteiger partial charge < -0.3 is 28.5 Å². The first kappa shape index (κ1) is 78.5. The molecule has 0 aromatic heterocycles. The topological polar surface area (TPSA) is 114 Å². The van der Waals surface area contributed by atoms with E-state index in [2.05, 4.69) is 86.8 Å². The molecule has 0 saturated carbocycles. The van der Waals surface area contributed by atoms with Gasteiger partial charge in [-0.05, 0) is 102 Å². The average Bonchev–Trinajstić information content (AvgIpc) is 3.43. The van der Waals surface area contributed by atoms with E-state index >= 15 is 0 Å². The fourth-order valence-corrected chi connectivity index (χ4v) is 10.5. The summed E-state index contributed by atoms with van der Waals surface area (Å²) in [6.45, 7) is 6.81. The second-order valence-electron chi connectivity index (χ2n) is 24.3. The SMILES string of the molecule is CCCCC/C=C\C/C=C\C/C=C\CCCCCCCCCCCCCCC(=O)OC(/C=C\CCCCCCCCCCC)C(COP(=O)([O-])OCC[N+](C)(C)C)NC(=O)CCCCCCCCCCC/C=C\C/C=C\CCCCC. The summed E-state index contributed by atoms with van der Waals surface area (Å²) in [6, 6.07) is -0.893. The number of phosphoric acid groups is 1. The van der Waals surface area contributed by atoms with Gasteiger partial charge in [-0.2, -0.15) is 0 Å². The van der Waals surface area contributed by atoms with Crippen LogP contribution in [0, 0.1) is 0 Å². The number of unbranched alkanes of at least 4 members (excludes halogenated alkanes) is 36. The Kier molecular flexibility index (Phi) is 58.7. The predicted molar refractivity (Wildman–Crippen MR) is 348 cm³/mol. The summed E-state index contributed by atoms with van der Waals surface area (Å²) >= 11 is 0. The molecular formula is C71H131N2O7P. The van der Waals surface area contributed by atoms with Gasteiger partial charge in [0.1, 0.15) is 19.3 Å². The Morgan fingerprint density at radius 2 is 0.753 bits per heavy atom. The lowest BCUT2D eigenvalue weighted by molar-refractivity contribution is -0.870. The number of nitrogens with one attached hydrogen (secondary N) is 1. The van der Waals surface area contributed by atoms with Gasteiger partial charge in [-0.3, -0.25) is 14.2 Å². The number of allylic oxidation sites excluding steroid dienone is 11. The molecule has 0 aliphatic carbocycles. The van der Waals surface area contributed by atoms with Gasteiger partial charge in [0.15, 0.2) is 0 Å².